The van der Waals surface area contributed by atoms with Gasteiger partial charge in [-0.3, -0.25) is 4.79 Å². The Morgan fingerprint density at radius 1 is 0.938 bits per heavy atom. The van der Waals surface area contributed by atoms with E-state index in [0.29, 0.717) is 34.4 Å². The molecule has 4 rings (SSSR count). The van der Waals surface area contributed by atoms with Gasteiger partial charge in [0.05, 0.1) is 18.4 Å². The van der Waals surface area contributed by atoms with E-state index >= 15 is 0 Å². The molecular formula is C24H23N5O3. The number of hydrogen-bond donors (Lipinski definition) is 1. The summed E-state index contributed by atoms with van der Waals surface area (Å²) in [6, 6.07) is 17.6. The molecule has 8 heteroatoms. The highest BCUT2D eigenvalue weighted by molar-refractivity contribution is 6.06. The van der Waals surface area contributed by atoms with Crippen molar-refractivity contribution >= 4 is 11.6 Å². The minimum Gasteiger partial charge on any atom is -0.496 e. The zero-order valence-corrected chi connectivity index (χ0v) is 18.3. The van der Waals surface area contributed by atoms with Crippen LogP contribution in [0.4, 0.5) is 5.69 Å². The van der Waals surface area contributed by atoms with Crippen molar-refractivity contribution in [3.8, 4) is 23.2 Å². The second-order valence-electron chi connectivity index (χ2n) is 7.22. The maximum absolute atomic E-state index is 12.5. The van der Waals surface area contributed by atoms with E-state index in [9.17, 15) is 4.79 Å². The Hall–Kier alpha value is -4.20. The van der Waals surface area contributed by atoms with E-state index in [1.54, 1.807) is 53.2 Å². The van der Waals surface area contributed by atoms with Gasteiger partial charge in [-0.15, -0.1) is 10.2 Å². The van der Waals surface area contributed by atoms with Gasteiger partial charge >= 0.3 is 0 Å². The summed E-state index contributed by atoms with van der Waals surface area (Å²) in [6.45, 7) is 5.99. The first kappa shape index (κ1) is 21.0. The van der Waals surface area contributed by atoms with Crippen LogP contribution in [0.5, 0.6) is 17.4 Å². The minimum atomic E-state index is -0.253. The monoisotopic (exact) mass is 429 g/mol. The fraction of sp³-hybridized carbons (Fsp3) is 0.167. The molecule has 0 atom stereocenters. The summed E-state index contributed by atoms with van der Waals surface area (Å²) in [7, 11) is 1.53. The Kier molecular flexibility index (Phi) is 5.85. The van der Waals surface area contributed by atoms with Crippen LogP contribution in [0.15, 0.2) is 60.7 Å². The van der Waals surface area contributed by atoms with Crippen molar-refractivity contribution in [1.82, 2.24) is 20.0 Å². The van der Waals surface area contributed by atoms with Gasteiger partial charge in [0.15, 0.2) is 5.82 Å². The van der Waals surface area contributed by atoms with Crippen LogP contribution in [0.3, 0.4) is 0 Å². The number of anilines is 1. The number of aromatic nitrogens is 4. The Morgan fingerprint density at radius 2 is 1.69 bits per heavy atom. The van der Waals surface area contributed by atoms with Gasteiger partial charge in [0.25, 0.3) is 5.91 Å². The Bertz CT molecular complexity index is 1250. The zero-order chi connectivity index (χ0) is 22.7. The first-order valence-corrected chi connectivity index (χ1v) is 10.1. The highest BCUT2D eigenvalue weighted by Crippen LogP contribution is 2.24. The van der Waals surface area contributed by atoms with Gasteiger partial charge in [-0.05, 0) is 68.8 Å². The summed E-state index contributed by atoms with van der Waals surface area (Å²) in [5.74, 6) is 1.82. The second-order valence-corrected chi connectivity index (χ2v) is 7.22. The number of nitrogens with one attached hydrogen (secondary N) is 1. The molecule has 1 N–H and O–H groups in total. The summed E-state index contributed by atoms with van der Waals surface area (Å²) < 4.78 is 12.8. The van der Waals surface area contributed by atoms with Crippen LogP contribution in [-0.2, 0) is 0 Å². The molecule has 8 nitrogen and oxygen atoms in total. The van der Waals surface area contributed by atoms with E-state index in [1.807, 2.05) is 32.9 Å². The average molecular weight is 429 g/mol. The number of benzene rings is 2. The molecule has 2 aromatic heterocycles. The largest absolute Gasteiger partial charge is 0.496 e. The van der Waals surface area contributed by atoms with Crippen LogP contribution in [-0.4, -0.2) is 33.0 Å². The summed E-state index contributed by atoms with van der Waals surface area (Å²) >= 11 is 0. The summed E-state index contributed by atoms with van der Waals surface area (Å²) in [4.78, 5) is 12.5. The third-order valence-electron chi connectivity index (χ3n) is 5.18. The normalized spacial score (nSPS) is 10.6. The third-order valence-corrected chi connectivity index (χ3v) is 5.18. The van der Waals surface area contributed by atoms with Crippen molar-refractivity contribution in [2.45, 2.75) is 20.8 Å². The van der Waals surface area contributed by atoms with Crippen molar-refractivity contribution in [1.29, 1.82) is 0 Å². The molecule has 0 unspecified atom stereocenters. The van der Waals surface area contributed by atoms with Crippen LogP contribution in [0.25, 0.3) is 5.82 Å². The van der Waals surface area contributed by atoms with Gasteiger partial charge in [0.2, 0.25) is 5.88 Å². The van der Waals surface area contributed by atoms with E-state index in [1.165, 1.54) is 7.11 Å². The number of carbonyl (C=O) groups is 1. The topological polar surface area (TPSA) is 91.2 Å². The van der Waals surface area contributed by atoms with Crippen LogP contribution >= 0.6 is 0 Å². The van der Waals surface area contributed by atoms with Gasteiger partial charge in [-0.25, -0.2) is 4.68 Å². The molecule has 0 saturated carbocycles. The lowest BCUT2D eigenvalue weighted by atomic mass is 10.2. The van der Waals surface area contributed by atoms with Gasteiger partial charge in [-0.2, -0.15) is 5.10 Å². The van der Waals surface area contributed by atoms with Crippen molar-refractivity contribution in [3.63, 3.8) is 0 Å². The van der Waals surface area contributed by atoms with Gasteiger partial charge in [0.1, 0.15) is 11.5 Å². The lowest BCUT2D eigenvalue weighted by molar-refractivity contribution is 0.102. The number of hydrogen-bond acceptors (Lipinski definition) is 6. The standard InChI is InChI=1S/C24H23N5O3/c1-15-16(2)28-29(17(15)3)22-13-14-23(27-26-22)32-19-11-9-18(10-12-19)25-24(30)20-7-5-6-8-21(20)31-4/h5-14H,1-4H3,(H,25,30). The first-order chi connectivity index (χ1) is 15.5. The van der Waals surface area contributed by atoms with Crippen molar-refractivity contribution < 1.29 is 14.3 Å². The molecule has 0 aliphatic heterocycles. The molecule has 0 saturated heterocycles. The molecule has 0 aliphatic carbocycles. The van der Waals surface area contributed by atoms with Crippen LogP contribution in [0.2, 0.25) is 0 Å². The van der Waals surface area contributed by atoms with E-state index in [4.69, 9.17) is 9.47 Å². The number of methoxy groups -OCH3 is 1. The molecule has 0 spiro atoms. The molecule has 2 aromatic carbocycles. The maximum atomic E-state index is 12.5. The third kappa shape index (κ3) is 4.29. The number of carbonyl (C=O) groups excluding carboxylic acids is 1. The Labute approximate surface area is 185 Å². The number of amides is 1. The maximum Gasteiger partial charge on any atom is 0.259 e. The fourth-order valence-electron chi connectivity index (χ4n) is 3.18. The Morgan fingerprint density at radius 3 is 2.31 bits per heavy atom. The quantitative estimate of drug-likeness (QED) is 0.480. The van der Waals surface area contributed by atoms with Crippen molar-refractivity contribution in [2.24, 2.45) is 0 Å². The molecule has 162 valence electrons. The number of ether oxygens (including phenoxy) is 2. The summed E-state index contributed by atoms with van der Waals surface area (Å²) in [5.41, 5.74) is 4.21. The van der Waals surface area contributed by atoms with Crippen molar-refractivity contribution in [3.05, 3.63) is 83.2 Å². The van der Waals surface area contributed by atoms with E-state index in [0.717, 1.165) is 17.0 Å². The van der Waals surface area contributed by atoms with Crippen LogP contribution in [0, 0.1) is 20.8 Å². The number of rotatable bonds is 6. The minimum absolute atomic E-state index is 0.253. The van der Waals surface area contributed by atoms with Crippen molar-refractivity contribution in [2.75, 3.05) is 12.4 Å². The summed E-state index contributed by atoms with van der Waals surface area (Å²) in [6.07, 6.45) is 0. The SMILES string of the molecule is COc1ccccc1C(=O)Nc1ccc(Oc2ccc(-n3nc(C)c(C)c3C)nn2)cc1. The number of nitrogens with zero attached hydrogens (tertiary/aromatic N) is 4. The fourth-order valence-corrected chi connectivity index (χ4v) is 3.18. The predicted molar refractivity (Wildman–Crippen MR) is 121 cm³/mol. The molecule has 2 heterocycles. The predicted octanol–water partition coefficient (Wildman–Crippen LogP) is 4.64. The van der Waals surface area contributed by atoms with Crippen LogP contribution in [0.1, 0.15) is 27.3 Å². The lowest BCUT2D eigenvalue weighted by Crippen LogP contribution is -2.12. The highest BCUT2D eigenvalue weighted by atomic mass is 16.5. The number of para-hydroxylation sites is 1. The molecule has 32 heavy (non-hydrogen) atoms. The molecule has 1 amide bonds. The lowest BCUT2D eigenvalue weighted by Gasteiger charge is -2.10. The van der Waals surface area contributed by atoms with Crippen LogP contribution < -0.4 is 14.8 Å². The molecule has 0 radical (unpaired) electrons. The zero-order valence-electron chi connectivity index (χ0n) is 18.3. The Balaban J connectivity index is 1.42. The molecule has 0 bridgehead atoms. The number of aryl methyl sites for hydroxylation is 1. The van der Waals surface area contributed by atoms with Gasteiger partial charge in [0, 0.05) is 17.4 Å². The smallest absolute Gasteiger partial charge is 0.259 e. The first-order valence-electron chi connectivity index (χ1n) is 10.1. The molecule has 0 aliphatic rings. The molecule has 0 fully saturated rings. The van der Waals surface area contributed by atoms with E-state index in [-0.39, 0.29) is 5.91 Å². The van der Waals surface area contributed by atoms with E-state index in [2.05, 4.69) is 20.6 Å². The molecular weight excluding hydrogens is 406 g/mol. The van der Waals surface area contributed by atoms with Gasteiger partial charge < -0.3 is 14.8 Å². The average Bonchev–Trinajstić information content (AvgIpc) is 3.08. The summed E-state index contributed by atoms with van der Waals surface area (Å²) in [5, 5.41) is 15.7. The molecule has 4 aromatic rings. The van der Waals surface area contributed by atoms with E-state index < -0.39 is 0 Å². The highest BCUT2D eigenvalue weighted by Gasteiger charge is 2.13. The van der Waals surface area contributed by atoms with Gasteiger partial charge in [-0.1, -0.05) is 12.1 Å². The second kappa shape index (κ2) is 8.89.